The van der Waals surface area contributed by atoms with Crippen molar-refractivity contribution >= 4 is 11.7 Å². The van der Waals surface area contributed by atoms with Crippen molar-refractivity contribution in [2.75, 3.05) is 18.0 Å². The van der Waals surface area contributed by atoms with Crippen molar-refractivity contribution in [1.82, 2.24) is 15.3 Å². The van der Waals surface area contributed by atoms with Gasteiger partial charge in [0.1, 0.15) is 5.82 Å². The topological polar surface area (TPSA) is 58.1 Å². The lowest BCUT2D eigenvalue weighted by molar-refractivity contribution is -0.126. The highest BCUT2D eigenvalue weighted by Crippen LogP contribution is 2.25. The number of carbonyl (C=O) groups excluding carboxylic acids is 1. The summed E-state index contributed by atoms with van der Waals surface area (Å²) in [6.07, 6.45) is 6.80. The summed E-state index contributed by atoms with van der Waals surface area (Å²) in [4.78, 5) is 23.7. The molecule has 5 heteroatoms. The number of piperidine rings is 1. The lowest BCUT2D eigenvalue weighted by Crippen LogP contribution is -2.42. The highest BCUT2D eigenvalue weighted by Gasteiger charge is 2.28. The Kier molecular flexibility index (Phi) is 5.61. The first-order chi connectivity index (χ1) is 13.8. The second-order valence-electron chi connectivity index (χ2n) is 7.09. The Hall–Kier alpha value is -3.21. The van der Waals surface area contributed by atoms with Crippen LogP contribution in [-0.4, -0.2) is 29.0 Å². The number of nitrogens with one attached hydrogen (secondary N) is 1. The number of anilines is 1. The Bertz CT molecular complexity index is 839. The zero-order valence-corrected chi connectivity index (χ0v) is 15.7. The molecule has 1 aliphatic rings. The third kappa shape index (κ3) is 4.19. The van der Waals surface area contributed by atoms with Gasteiger partial charge in [0.2, 0.25) is 5.91 Å². The van der Waals surface area contributed by atoms with Crippen molar-refractivity contribution in [2.45, 2.75) is 18.9 Å². The number of carbonyl (C=O) groups is 1. The normalized spacial score (nSPS) is 14.8. The smallest absolute Gasteiger partial charge is 0.223 e. The van der Waals surface area contributed by atoms with E-state index in [1.165, 1.54) is 0 Å². The van der Waals surface area contributed by atoms with Gasteiger partial charge in [-0.05, 0) is 24.0 Å². The van der Waals surface area contributed by atoms with Gasteiger partial charge in [-0.25, -0.2) is 4.98 Å². The number of hydrogen-bond acceptors (Lipinski definition) is 4. The monoisotopic (exact) mass is 372 g/mol. The van der Waals surface area contributed by atoms with Gasteiger partial charge in [0.15, 0.2) is 0 Å². The van der Waals surface area contributed by atoms with Crippen LogP contribution < -0.4 is 10.2 Å². The number of benzene rings is 2. The van der Waals surface area contributed by atoms with Crippen LogP contribution in [0, 0.1) is 5.92 Å². The number of amides is 1. The number of aromatic nitrogens is 2. The molecule has 3 aromatic rings. The Morgan fingerprint density at radius 2 is 1.54 bits per heavy atom. The molecule has 1 saturated heterocycles. The molecule has 0 atom stereocenters. The Balaban J connectivity index is 1.44. The molecule has 1 fully saturated rings. The van der Waals surface area contributed by atoms with Gasteiger partial charge < -0.3 is 10.2 Å². The van der Waals surface area contributed by atoms with E-state index in [9.17, 15) is 4.79 Å². The average Bonchev–Trinajstić information content (AvgIpc) is 2.79. The van der Waals surface area contributed by atoms with Crippen molar-refractivity contribution in [3.05, 3.63) is 90.4 Å². The second kappa shape index (κ2) is 8.65. The summed E-state index contributed by atoms with van der Waals surface area (Å²) in [5.74, 6) is 1.02. The van der Waals surface area contributed by atoms with Gasteiger partial charge in [-0.2, -0.15) is 0 Å². The standard InChI is InChI=1S/C23H24N4O/c28-23(20-11-15-27(16-12-20)21-17-24-13-14-25-21)26-22(18-7-3-1-4-8-18)19-9-5-2-6-10-19/h1-10,13-14,17,20,22H,11-12,15-16H2,(H,26,28). The molecule has 4 rings (SSSR count). The predicted molar refractivity (Wildman–Crippen MR) is 110 cm³/mol. The Labute approximate surface area is 165 Å². The minimum Gasteiger partial charge on any atom is -0.355 e. The van der Waals surface area contributed by atoms with Gasteiger partial charge in [0.05, 0.1) is 12.2 Å². The van der Waals surface area contributed by atoms with Crippen LogP contribution in [0.4, 0.5) is 5.82 Å². The molecule has 0 spiro atoms. The van der Waals surface area contributed by atoms with Crippen LogP contribution >= 0.6 is 0 Å². The summed E-state index contributed by atoms with van der Waals surface area (Å²) in [6.45, 7) is 1.64. The molecule has 1 N–H and O–H groups in total. The van der Waals surface area contributed by atoms with Crippen LogP contribution in [0.2, 0.25) is 0 Å². The molecular formula is C23H24N4O. The lowest BCUT2D eigenvalue weighted by Gasteiger charge is -2.32. The highest BCUT2D eigenvalue weighted by atomic mass is 16.1. The van der Waals surface area contributed by atoms with E-state index in [-0.39, 0.29) is 17.9 Å². The maximum absolute atomic E-state index is 13.0. The highest BCUT2D eigenvalue weighted by molar-refractivity contribution is 5.80. The number of nitrogens with zero attached hydrogens (tertiary/aromatic N) is 3. The van der Waals surface area contributed by atoms with E-state index in [0.29, 0.717) is 0 Å². The minimum atomic E-state index is -0.132. The van der Waals surface area contributed by atoms with Gasteiger partial charge in [0, 0.05) is 31.4 Å². The quantitative estimate of drug-likeness (QED) is 0.743. The Morgan fingerprint density at radius 3 is 2.07 bits per heavy atom. The summed E-state index contributed by atoms with van der Waals surface area (Å²) < 4.78 is 0. The second-order valence-corrected chi connectivity index (χ2v) is 7.09. The van der Waals surface area contributed by atoms with Crippen molar-refractivity contribution in [3.63, 3.8) is 0 Å². The van der Waals surface area contributed by atoms with Crippen molar-refractivity contribution in [3.8, 4) is 0 Å². The van der Waals surface area contributed by atoms with E-state index >= 15 is 0 Å². The van der Waals surface area contributed by atoms with E-state index in [1.807, 2.05) is 36.4 Å². The fraction of sp³-hybridized carbons (Fsp3) is 0.261. The van der Waals surface area contributed by atoms with Gasteiger partial charge in [0.25, 0.3) is 0 Å². The average molecular weight is 372 g/mol. The third-order valence-corrected chi connectivity index (χ3v) is 5.29. The molecule has 0 saturated carbocycles. The van der Waals surface area contributed by atoms with E-state index in [0.717, 1.165) is 42.9 Å². The fourth-order valence-electron chi connectivity index (χ4n) is 3.74. The van der Waals surface area contributed by atoms with Crippen LogP contribution in [-0.2, 0) is 4.79 Å². The molecule has 0 bridgehead atoms. The molecule has 1 amide bonds. The maximum Gasteiger partial charge on any atom is 0.223 e. The zero-order chi connectivity index (χ0) is 19.2. The van der Waals surface area contributed by atoms with E-state index in [4.69, 9.17) is 0 Å². The van der Waals surface area contributed by atoms with E-state index in [1.54, 1.807) is 18.6 Å². The van der Waals surface area contributed by atoms with E-state index in [2.05, 4.69) is 44.5 Å². The molecular weight excluding hydrogens is 348 g/mol. The fourth-order valence-corrected chi connectivity index (χ4v) is 3.74. The van der Waals surface area contributed by atoms with Crippen LogP contribution in [0.3, 0.4) is 0 Å². The summed E-state index contributed by atoms with van der Waals surface area (Å²) in [6, 6.07) is 20.2. The van der Waals surface area contributed by atoms with Gasteiger partial charge in [-0.3, -0.25) is 9.78 Å². The summed E-state index contributed by atoms with van der Waals surface area (Å²) in [5, 5.41) is 3.29. The molecule has 2 heterocycles. The van der Waals surface area contributed by atoms with Crippen LogP contribution in [0.15, 0.2) is 79.3 Å². The summed E-state index contributed by atoms with van der Waals surface area (Å²) in [7, 11) is 0. The summed E-state index contributed by atoms with van der Waals surface area (Å²) >= 11 is 0. The summed E-state index contributed by atoms with van der Waals surface area (Å²) in [5.41, 5.74) is 2.19. The minimum absolute atomic E-state index is 0.0165. The maximum atomic E-state index is 13.0. The van der Waals surface area contributed by atoms with Crippen LogP contribution in [0.1, 0.15) is 30.0 Å². The van der Waals surface area contributed by atoms with Crippen molar-refractivity contribution < 1.29 is 4.79 Å². The largest absolute Gasteiger partial charge is 0.355 e. The van der Waals surface area contributed by atoms with Gasteiger partial charge in [-0.1, -0.05) is 60.7 Å². The predicted octanol–water partition coefficient (Wildman–Crippen LogP) is 3.60. The van der Waals surface area contributed by atoms with E-state index < -0.39 is 0 Å². The molecule has 0 radical (unpaired) electrons. The molecule has 0 aliphatic carbocycles. The van der Waals surface area contributed by atoms with Crippen molar-refractivity contribution in [1.29, 1.82) is 0 Å². The molecule has 142 valence electrons. The molecule has 2 aromatic carbocycles. The first-order valence-electron chi connectivity index (χ1n) is 9.72. The van der Waals surface area contributed by atoms with Crippen LogP contribution in [0.5, 0.6) is 0 Å². The van der Waals surface area contributed by atoms with Crippen LogP contribution in [0.25, 0.3) is 0 Å². The zero-order valence-electron chi connectivity index (χ0n) is 15.7. The first-order valence-corrected chi connectivity index (χ1v) is 9.72. The SMILES string of the molecule is O=C(NC(c1ccccc1)c1ccccc1)C1CCN(c2cnccn2)CC1. The first kappa shape index (κ1) is 18.2. The third-order valence-electron chi connectivity index (χ3n) is 5.29. The van der Waals surface area contributed by atoms with Crippen molar-refractivity contribution in [2.24, 2.45) is 5.92 Å². The molecule has 5 nitrogen and oxygen atoms in total. The molecule has 1 aliphatic heterocycles. The van der Waals surface area contributed by atoms with Gasteiger partial charge in [-0.15, -0.1) is 0 Å². The van der Waals surface area contributed by atoms with Gasteiger partial charge >= 0.3 is 0 Å². The molecule has 0 unspecified atom stereocenters. The number of hydrogen-bond donors (Lipinski definition) is 1. The number of rotatable bonds is 5. The Morgan fingerprint density at radius 1 is 0.929 bits per heavy atom. The molecule has 28 heavy (non-hydrogen) atoms. The molecule has 1 aromatic heterocycles. The lowest BCUT2D eigenvalue weighted by atomic mass is 9.93.